The number of fused-ring (bicyclic) bond motifs is 3. The molecule has 12 nitrogen and oxygen atoms in total. The molecular weight excluding hydrogens is 813 g/mol. The van der Waals surface area contributed by atoms with Crippen LogP contribution in [0.4, 0.5) is 17.6 Å². The molecule has 58 heavy (non-hydrogen) atoms. The molecule has 3 aliphatic rings. The number of carbonyl (C=O) groups excluding carboxylic acids is 2. The Balaban J connectivity index is 0.000000839. The lowest BCUT2D eigenvalue weighted by Gasteiger charge is -2.44. The van der Waals surface area contributed by atoms with Crippen molar-refractivity contribution in [1.29, 1.82) is 0 Å². The van der Waals surface area contributed by atoms with Gasteiger partial charge in [0, 0.05) is 25.1 Å². The Kier molecular flexibility index (Phi) is 14.8. The lowest BCUT2D eigenvalue weighted by molar-refractivity contribution is -0.605. The number of rotatable bonds is 13. The van der Waals surface area contributed by atoms with Crippen LogP contribution in [-0.4, -0.2) is 74.0 Å². The molecule has 0 aliphatic carbocycles. The molecule has 7 rings (SSSR count). The number of esters is 2. The molecule has 3 aliphatic heterocycles. The largest absolute Gasteiger partial charge is 0.619 e. The lowest BCUT2D eigenvalue weighted by atomic mass is 9.86. The fraction of sp³-hybridized carbons (Fsp3) is 0.350. The van der Waals surface area contributed by atoms with Crippen LogP contribution in [0.1, 0.15) is 57.6 Å². The highest BCUT2D eigenvalue weighted by Crippen LogP contribution is 2.36. The van der Waals surface area contributed by atoms with Gasteiger partial charge in [0.1, 0.15) is 34.1 Å². The Morgan fingerprint density at radius 1 is 0.948 bits per heavy atom. The van der Waals surface area contributed by atoms with Gasteiger partial charge in [-0.3, -0.25) is 10.2 Å². The molecule has 18 heteroatoms. The molecule has 3 fully saturated rings. The van der Waals surface area contributed by atoms with Gasteiger partial charge in [-0.15, -0.1) is 0 Å². The summed E-state index contributed by atoms with van der Waals surface area (Å²) in [6.45, 7) is 2.88. The average molecular weight is 853 g/mol. The van der Waals surface area contributed by atoms with E-state index >= 15 is 0 Å². The fourth-order valence-corrected chi connectivity index (χ4v) is 7.30. The first kappa shape index (κ1) is 44.0. The molecule has 0 radical (unpaired) electrons. The number of pyridine rings is 1. The SMILES string of the molecule is COc1ccc(C(Cc2c(Cl)c[n+]([O-])cc2Cl)OC(=O)c2cccc(CNC(C(=O)O[C@H]3CN4CCC3CC4)c3cccc(F)c3)c2)cc1OC.O=C(O)C(F)(F)F. The second-order valence-electron chi connectivity index (χ2n) is 13.5. The Labute approximate surface area is 340 Å². The smallest absolute Gasteiger partial charge is 0.490 e. The zero-order valence-corrected chi connectivity index (χ0v) is 32.7. The zero-order chi connectivity index (χ0) is 42.1. The molecule has 4 aromatic rings. The van der Waals surface area contributed by atoms with E-state index in [1.165, 1.54) is 38.7 Å². The van der Waals surface area contributed by atoms with Crippen molar-refractivity contribution in [2.24, 2.45) is 5.92 Å². The van der Waals surface area contributed by atoms with Crippen LogP contribution in [0.3, 0.4) is 0 Å². The van der Waals surface area contributed by atoms with Gasteiger partial charge in [-0.2, -0.15) is 17.9 Å². The van der Waals surface area contributed by atoms with Crippen molar-refractivity contribution in [2.75, 3.05) is 33.9 Å². The molecule has 3 atom stereocenters. The molecule has 2 unspecified atom stereocenters. The molecular formula is C40H39Cl2F4N3O9. The summed E-state index contributed by atoms with van der Waals surface area (Å²) in [5, 5.41) is 22.5. The molecule has 2 N–H and O–H groups in total. The third-order valence-corrected chi connectivity index (χ3v) is 10.3. The van der Waals surface area contributed by atoms with E-state index in [2.05, 4.69) is 10.2 Å². The van der Waals surface area contributed by atoms with Gasteiger partial charge in [-0.25, -0.2) is 18.8 Å². The second-order valence-corrected chi connectivity index (χ2v) is 14.3. The highest BCUT2D eigenvalue weighted by molar-refractivity contribution is 6.35. The minimum absolute atomic E-state index is 0.0536. The maximum Gasteiger partial charge on any atom is 0.490 e. The quantitative estimate of drug-likeness (QED) is 0.0618. The van der Waals surface area contributed by atoms with Crippen molar-refractivity contribution >= 4 is 41.1 Å². The minimum atomic E-state index is -5.08. The summed E-state index contributed by atoms with van der Waals surface area (Å²) in [5.41, 5.74) is 2.36. The number of aliphatic carboxylic acids is 1. The van der Waals surface area contributed by atoms with Crippen LogP contribution in [0.15, 0.2) is 79.1 Å². The normalized spacial score (nSPS) is 18.2. The van der Waals surface area contributed by atoms with Crippen LogP contribution in [0, 0.1) is 16.9 Å². The van der Waals surface area contributed by atoms with E-state index in [4.69, 9.17) is 52.1 Å². The predicted octanol–water partition coefficient (Wildman–Crippen LogP) is 7.03. The van der Waals surface area contributed by atoms with Crippen LogP contribution in [-0.2, 0) is 32.0 Å². The van der Waals surface area contributed by atoms with E-state index in [-0.39, 0.29) is 34.7 Å². The van der Waals surface area contributed by atoms with Gasteiger partial charge >= 0.3 is 24.1 Å². The number of ether oxygens (including phenoxy) is 4. The number of aromatic nitrogens is 1. The first-order valence-electron chi connectivity index (χ1n) is 17.9. The Bertz CT molecular complexity index is 2080. The number of hydrogen-bond donors (Lipinski definition) is 2. The molecule has 310 valence electrons. The molecule has 1 aromatic heterocycles. The Morgan fingerprint density at radius 3 is 2.19 bits per heavy atom. The van der Waals surface area contributed by atoms with Crippen LogP contribution >= 0.6 is 23.2 Å². The van der Waals surface area contributed by atoms with Gasteiger partial charge in [0.15, 0.2) is 23.9 Å². The number of hydrogen-bond acceptors (Lipinski definition) is 10. The monoisotopic (exact) mass is 851 g/mol. The van der Waals surface area contributed by atoms with Crippen molar-refractivity contribution in [3.63, 3.8) is 0 Å². The maximum atomic E-state index is 14.3. The topological polar surface area (TPSA) is 151 Å². The molecule has 2 bridgehead atoms. The summed E-state index contributed by atoms with van der Waals surface area (Å²) in [7, 11) is 3.01. The predicted molar refractivity (Wildman–Crippen MR) is 202 cm³/mol. The number of nitrogens with zero attached hydrogens (tertiary/aromatic N) is 2. The zero-order valence-electron chi connectivity index (χ0n) is 31.1. The van der Waals surface area contributed by atoms with Crippen molar-refractivity contribution in [3.8, 4) is 11.5 Å². The maximum absolute atomic E-state index is 14.3. The first-order chi connectivity index (χ1) is 27.6. The molecule has 3 saturated heterocycles. The third-order valence-electron chi connectivity index (χ3n) is 9.67. The van der Waals surface area contributed by atoms with Crippen LogP contribution in [0.2, 0.25) is 10.0 Å². The van der Waals surface area contributed by atoms with Crippen molar-refractivity contribution in [3.05, 3.63) is 128 Å². The number of halogens is 6. The highest BCUT2D eigenvalue weighted by atomic mass is 35.5. The number of carbonyl (C=O) groups is 3. The molecule has 0 amide bonds. The number of alkyl halides is 3. The van der Waals surface area contributed by atoms with E-state index in [0.717, 1.165) is 25.9 Å². The van der Waals surface area contributed by atoms with Gasteiger partial charge in [0.25, 0.3) is 0 Å². The molecule has 4 heterocycles. The highest BCUT2D eigenvalue weighted by Gasteiger charge is 2.39. The van der Waals surface area contributed by atoms with Gasteiger partial charge < -0.3 is 29.3 Å². The summed E-state index contributed by atoms with van der Waals surface area (Å²) in [4.78, 5) is 38.5. The summed E-state index contributed by atoms with van der Waals surface area (Å²) in [6, 6.07) is 16.9. The number of carboxylic acids is 1. The van der Waals surface area contributed by atoms with Gasteiger partial charge in [-0.1, -0.05) is 53.5 Å². The summed E-state index contributed by atoms with van der Waals surface area (Å²) in [5.74, 6) is -3.11. The van der Waals surface area contributed by atoms with Gasteiger partial charge in [0.2, 0.25) is 0 Å². The Hall–Kier alpha value is -5.16. The number of methoxy groups -OCH3 is 2. The number of benzene rings is 3. The van der Waals surface area contributed by atoms with Crippen molar-refractivity contribution in [2.45, 2.75) is 50.2 Å². The summed E-state index contributed by atoms with van der Waals surface area (Å²) < 4.78 is 69.5. The molecule has 0 spiro atoms. The number of piperidine rings is 3. The minimum Gasteiger partial charge on any atom is -0.619 e. The lowest BCUT2D eigenvalue weighted by Crippen LogP contribution is -2.52. The average Bonchev–Trinajstić information content (AvgIpc) is 3.19. The summed E-state index contributed by atoms with van der Waals surface area (Å²) >= 11 is 12.8. The van der Waals surface area contributed by atoms with E-state index in [0.29, 0.717) is 50.9 Å². The van der Waals surface area contributed by atoms with Gasteiger partial charge in [-0.05, 0) is 84.9 Å². The standard InChI is InChI=1S/C38H38Cl2FN3O7.C2HF3O2/c1-48-32-10-9-25(17-34(32)49-2)33(18-29-30(39)20-44(47)21-31(29)40)50-37(45)27-7-3-5-23(15-27)19-42-36(26-6-4-8-28(41)16-26)38(46)51-35-22-43-13-11-24(35)12-14-43;3-2(4,5)1(6)7/h3-10,15-17,20-21,24,33,35-36,42H,11-14,18-19,22H2,1-2H3;(H,6,7)/t33?,35-,36?;/m0./s1. The number of carboxylic acid groups (broad SMARTS) is 1. The van der Waals surface area contributed by atoms with Crippen LogP contribution in [0.5, 0.6) is 11.5 Å². The molecule has 0 saturated carbocycles. The van der Waals surface area contributed by atoms with Crippen LogP contribution in [0.25, 0.3) is 0 Å². The first-order valence-corrected chi connectivity index (χ1v) is 18.6. The molecule has 3 aromatic carbocycles. The van der Waals surface area contributed by atoms with E-state index in [9.17, 15) is 32.4 Å². The van der Waals surface area contributed by atoms with Crippen molar-refractivity contribution in [1.82, 2.24) is 10.2 Å². The third kappa shape index (κ3) is 11.5. The van der Waals surface area contributed by atoms with E-state index in [1.54, 1.807) is 54.6 Å². The second kappa shape index (κ2) is 19.5. The van der Waals surface area contributed by atoms with Gasteiger partial charge in [0.05, 0.1) is 19.8 Å². The fourth-order valence-electron chi connectivity index (χ4n) is 6.70. The van der Waals surface area contributed by atoms with E-state index in [1.807, 2.05) is 0 Å². The summed E-state index contributed by atoms with van der Waals surface area (Å²) in [6.07, 6.45) is -1.81. The van der Waals surface area contributed by atoms with Crippen LogP contribution < -0.4 is 19.5 Å². The Morgan fingerprint density at radius 2 is 1.60 bits per heavy atom. The van der Waals surface area contributed by atoms with E-state index < -0.39 is 42.0 Å². The van der Waals surface area contributed by atoms with Crippen molar-refractivity contribution < 1.29 is 60.7 Å². The number of nitrogens with one attached hydrogen (secondary N) is 1.